The van der Waals surface area contributed by atoms with Gasteiger partial charge in [0.25, 0.3) is 0 Å². The van der Waals surface area contributed by atoms with Gasteiger partial charge in [0.05, 0.1) is 0 Å². The number of aromatic nitrogens is 2. The van der Waals surface area contributed by atoms with Crippen LogP contribution in [0.25, 0.3) is 0 Å². The van der Waals surface area contributed by atoms with E-state index in [4.69, 9.17) is 4.74 Å². The quantitative estimate of drug-likeness (QED) is 0.719. The van der Waals surface area contributed by atoms with Gasteiger partial charge in [-0.05, 0) is 26.7 Å². The number of ether oxygens (including phenoxy) is 1. The topological polar surface area (TPSA) is 59.1 Å². The molecule has 0 aliphatic carbocycles. The third-order valence-electron chi connectivity index (χ3n) is 2.93. The minimum Gasteiger partial charge on any atom is -0.385 e. The Labute approximate surface area is 116 Å². The second kappa shape index (κ2) is 8.69. The number of hydrogen-bond acceptors (Lipinski definition) is 5. The standard InChI is InChI=1S/C14H26N4O/c1-5-7-12-13(15-6-2)16-10-17-14(12)18-11(3)8-9-19-4/h10-11H,5-9H2,1-4H3,(H2,15,16,17,18). The molecule has 0 saturated carbocycles. The molecule has 0 aliphatic heterocycles. The molecule has 0 saturated heterocycles. The maximum atomic E-state index is 5.11. The fraction of sp³-hybridized carbons (Fsp3) is 0.714. The normalized spacial score (nSPS) is 12.2. The third kappa shape index (κ3) is 5.03. The molecule has 0 aromatic carbocycles. The number of nitrogens with zero attached hydrogens (tertiary/aromatic N) is 2. The number of hydrogen-bond donors (Lipinski definition) is 2. The molecule has 1 heterocycles. The summed E-state index contributed by atoms with van der Waals surface area (Å²) in [5, 5.41) is 6.76. The molecule has 19 heavy (non-hydrogen) atoms. The lowest BCUT2D eigenvalue weighted by molar-refractivity contribution is 0.191. The predicted octanol–water partition coefficient (Wildman–Crippen LogP) is 2.70. The highest BCUT2D eigenvalue weighted by Crippen LogP contribution is 2.22. The highest BCUT2D eigenvalue weighted by molar-refractivity contribution is 5.57. The fourth-order valence-corrected chi connectivity index (χ4v) is 1.94. The van der Waals surface area contributed by atoms with Gasteiger partial charge in [-0.3, -0.25) is 0 Å². The van der Waals surface area contributed by atoms with Gasteiger partial charge >= 0.3 is 0 Å². The Morgan fingerprint density at radius 2 is 2.00 bits per heavy atom. The summed E-state index contributed by atoms with van der Waals surface area (Å²) in [4.78, 5) is 8.72. The van der Waals surface area contributed by atoms with E-state index in [1.165, 1.54) is 5.56 Å². The van der Waals surface area contributed by atoms with Gasteiger partial charge in [0, 0.05) is 31.9 Å². The van der Waals surface area contributed by atoms with Crippen molar-refractivity contribution >= 4 is 11.6 Å². The lowest BCUT2D eigenvalue weighted by Gasteiger charge is -2.18. The molecule has 0 spiro atoms. The van der Waals surface area contributed by atoms with E-state index in [2.05, 4.69) is 41.4 Å². The van der Waals surface area contributed by atoms with Crippen molar-refractivity contribution in [2.75, 3.05) is 30.9 Å². The summed E-state index contributed by atoms with van der Waals surface area (Å²) in [7, 11) is 1.73. The third-order valence-corrected chi connectivity index (χ3v) is 2.93. The van der Waals surface area contributed by atoms with E-state index in [1.807, 2.05) is 0 Å². The van der Waals surface area contributed by atoms with Crippen molar-refractivity contribution in [1.82, 2.24) is 9.97 Å². The average Bonchev–Trinajstić information content (AvgIpc) is 2.40. The van der Waals surface area contributed by atoms with Crippen LogP contribution in [0.2, 0.25) is 0 Å². The zero-order valence-corrected chi connectivity index (χ0v) is 12.5. The maximum absolute atomic E-state index is 5.11. The van der Waals surface area contributed by atoms with Gasteiger partial charge < -0.3 is 15.4 Å². The van der Waals surface area contributed by atoms with Gasteiger partial charge in [0.15, 0.2) is 0 Å². The van der Waals surface area contributed by atoms with Crippen molar-refractivity contribution in [3.05, 3.63) is 11.9 Å². The van der Waals surface area contributed by atoms with Crippen LogP contribution in [-0.4, -0.2) is 36.3 Å². The second-order valence-electron chi connectivity index (χ2n) is 4.66. The molecule has 2 N–H and O–H groups in total. The summed E-state index contributed by atoms with van der Waals surface area (Å²) < 4.78 is 5.11. The lowest BCUT2D eigenvalue weighted by Crippen LogP contribution is -2.20. The largest absolute Gasteiger partial charge is 0.385 e. The first kappa shape index (κ1) is 15.7. The number of anilines is 2. The fourth-order valence-electron chi connectivity index (χ4n) is 1.94. The Hall–Kier alpha value is -1.36. The molecule has 1 atom stereocenters. The lowest BCUT2D eigenvalue weighted by atomic mass is 10.1. The van der Waals surface area contributed by atoms with Gasteiger partial charge in [-0.15, -0.1) is 0 Å². The first-order valence-corrected chi connectivity index (χ1v) is 7.06. The minimum absolute atomic E-state index is 0.333. The van der Waals surface area contributed by atoms with Crippen molar-refractivity contribution in [2.24, 2.45) is 0 Å². The van der Waals surface area contributed by atoms with Crippen LogP contribution in [0, 0.1) is 0 Å². The van der Waals surface area contributed by atoms with Gasteiger partial charge in [-0.25, -0.2) is 9.97 Å². The minimum atomic E-state index is 0.333. The molecule has 1 rings (SSSR count). The van der Waals surface area contributed by atoms with Crippen LogP contribution in [0.5, 0.6) is 0 Å². The van der Waals surface area contributed by atoms with Crippen molar-refractivity contribution in [3.63, 3.8) is 0 Å². The molecule has 0 radical (unpaired) electrons. The first-order valence-electron chi connectivity index (χ1n) is 7.06. The zero-order chi connectivity index (χ0) is 14.1. The number of nitrogens with one attached hydrogen (secondary N) is 2. The average molecular weight is 266 g/mol. The molecule has 0 aliphatic rings. The number of methoxy groups -OCH3 is 1. The monoisotopic (exact) mass is 266 g/mol. The van der Waals surface area contributed by atoms with Crippen LogP contribution in [-0.2, 0) is 11.2 Å². The summed E-state index contributed by atoms with van der Waals surface area (Å²) in [5.74, 6) is 1.89. The van der Waals surface area contributed by atoms with Crippen LogP contribution in [0.1, 0.15) is 39.2 Å². The molecule has 5 heteroatoms. The molecule has 1 aromatic heterocycles. The summed E-state index contributed by atoms with van der Waals surface area (Å²) in [5.41, 5.74) is 1.18. The van der Waals surface area contributed by atoms with Crippen LogP contribution in [0.3, 0.4) is 0 Å². The summed E-state index contributed by atoms with van der Waals surface area (Å²) in [6.45, 7) is 8.01. The van der Waals surface area contributed by atoms with E-state index in [9.17, 15) is 0 Å². The predicted molar refractivity (Wildman–Crippen MR) is 79.8 cm³/mol. The molecule has 0 amide bonds. The molecule has 1 aromatic rings. The van der Waals surface area contributed by atoms with E-state index in [0.29, 0.717) is 6.04 Å². The summed E-state index contributed by atoms with van der Waals surface area (Å²) >= 11 is 0. The van der Waals surface area contributed by atoms with Crippen molar-refractivity contribution in [1.29, 1.82) is 0 Å². The Bertz CT molecular complexity index is 370. The molecule has 108 valence electrons. The smallest absolute Gasteiger partial charge is 0.134 e. The molecule has 0 fully saturated rings. The molecule has 5 nitrogen and oxygen atoms in total. The summed E-state index contributed by atoms with van der Waals surface area (Å²) in [6.07, 6.45) is 4.63. The van der Waals surface area contributed by atoms with Crippen molar-refractivity contribution in [3.8, 4) is 0 Å². The van der Waals surface area contributed by atoms with Crippen LogP contribution >= 0.6 is 0 Å². The van der Waals surface area contributed by atoms with E-state index in [1.54, 1.807) is 13.4 Å². The van der Waals surface area contributed by atoms with Crippen LogP contribution in [0.4, 0.5) is 11.6 Å². The van der Waals surface area contributed by atoms with Crippen LogP contribution < -0.4 is 10.6 Å². The highest BCUT2D eigenvalue weighted by atomic mass is 16.5. The van der Waals surface area contributed by atoms with Gasteiger partial charge in [0.2, 0.25) is 0 Å². The van der Waals surface area contributed by atoms with E-state index >= 15 is 0 Å². The molecular formula is C14H26N4O. The van der Waals surface area contributed by atoms with Crippen molar-refractivity contribution < 1.29 is 4.74 Å². The molecule has 0 bridgehead atoms. The Kier molecular flexibility index (Phi) is 7.18. The molecule has 1 unspecified atom stereocenters. The van der Waals surface area contributed by atoms with E-state index in [-0.39, 0.29) is 0 Å². The number of rotatable bonds is 9. The SMILES string of the molecule is CCCc1c(NCC)ncnc1NC(C)CCOC. The van der Waals surface area contributed by atoms with Crippen LogP contribution in [0.15, 0.2) is 6.33 Å². The highest BCUT2D eigenvalue weighted by Gasteiger charge is 2.12. The zero-order valence-electron chi connectivity index (χ0n) is 12.5. The van der Waals surface area contributed by atoms with Gasteiger partial charge in [-0.2, -0.15) is 0 Å². The maximum Gasteiger partial charge on any atom is 0.134 e. The van der Waals surface area contributed by atoms with Gasteiger partial charge in [-0.1, -0.05) is 13.3 Å². The van der Waals surface area contributed by atoms with Crippen molar-refractivity contribution in [2.45, 2.75) is 46.1 Å². The Balaban J connectivity index is 2.82. The second-order valence-corrected chi connectivity index (χ2v) is 4.66. The van der Waals surface area contributed by atoms with E-state index in [0.717, 1.165) is 44.0 Å². The van der Waals surface area contributed by atoms with Gasteiger partial charge in [0.1, 0.15) is 18.0 Å². The molecular weight excluding hydrogens is 240 g/mol. The summed E-state index contributed by atoms with van der Waals surface area (Å²) in [6, 6.07) is 0.333. The first-order chi connectivity index (χ1) is 9.22. The Morgan fingerprint density at radius 3 is 2.63 bits per heavy atom. The Morgan fingerprint density at radius 1 is 1.26 bits per heavy atom. The van der Waals surface area contributed by atoms with E-state index < -0.39 is 0 Å².